The third-order valence-electron chi connectivity index (χ3n) is 3.90. The average molecular weight is 240 g/mol. The maximum Gasteiger partial charge on any atom is 0.0933 e. The molecule has 0 saturated heterocycles. The van der Waals surface area contributed by atoms with E-state index in [0.29, 0.717) is 0 Å². The van der Waals surface area contributed by atoms with Crippen LogP contribution in [0.15, 0.2) is 46.6 Å². The van der Waals surface area contributed by atoms with Gasteiger partial charge in [0, 0.05) is 5.56 Å². The molecule has 2 nitrogen and oxygen atoms in total. The maximum atomic E-state index is 4.57. The van der Waals surface area contributed by atoms with E-state index in [2.05, 4.69) is 40.9 Å². The van der Waals surface area contributed by atoms with Crippen LogP contribution in [-0.2, 0) is 0 Å². The van der Waals surface area contributed by atoms with Gasteiger partial charge in [0.25, 0.3) is 0 Å². The van der Waals surface area contributed by atoms with Crippen LogP contribution in [0.3, 0.4) is 0 Å². The fraction of sp³-hybridized carbons (Fsp3) is 0.438. The zero-order valence-electron chi connectivity index (χ0n) is 10.8. The van der Waals surface area contributed by atoms with Crippen molar-refractivity contribution < 1.29 is 0 Å². The predicted molar refractivity (Wildman–Crippen MR) is 75.7 cm³/mol. The number of nitrogens with one attached hydrogen (secondary N) is 1. The van der Waals surface area contributed by atoms with Crippen LogP contribution in [0.25, 0.3) is 0 Å². The molecule has 18 heavy (non-hydrogen) atoms. The summed E-state index contributed by atoms with van der Waals surface area (Å²) in [5.74, 6) is 0. The predicted octanol–water partition coefficient (Wildman–Crippen LogP) is 3.64. The van der Waals surface area contributed by atoms with E-state index >= 15 is 0 Å². The summed E-state index contributed by atoms with van der Waals surface area (Å²) in [5.41, 5.74) is 8.74. The highest BCUT2D eigenvalue weighted by Gasteiger charge is 2.19. The van der Waals surface area contributed by atoms with Crippen molar-refractivity contribution in [3.8, 4) is 0 Å². The van der Waals surface area contributed by atoms with E-state index in [1.54, 1.807) is 5.57 Å². The number of benzene rings is 1. The van der Waals surface area contributed by atoms with Crippen LogP contribution < -0.4 is 5.43 Å². The van der Waals surface area contributed by atoms with Gasteiger partial charge in [-0.15, -0.1) is 0 Å². The Morgan fingerprint density at radius 1 is 0.889 bits per heavy atom. The minimum absolute atomic E-state index is 0.950. The average Bonchev–Trinajstić information content (AvgIpc) is 2.40. The molecule has 0 bridgehead atoms. The lowest BCUT2D eigenvalue weighted by Gasteiger charge is -2.24. The second-order valence-corrected chi connectivity index (χ2v) is 5.16. The van der Waals surface area contributed by atoms with Gasteiger partial charge in [0.15, 0.2) is 0 Å². The van der Waals surface area contributed by atoms with E-state index in [0.717, 1.165) is 6.54 Å². The largest absolute Gasteiger partial charge is 0.305 e. The molecule has 0 radical (unpaired) electrons. The fourth-order valence-corrected chi connectivity index (χ4v) is 2.92. The third-order valence-corrected chi connectivity index (χ3v) is 3.90. The monoisotopic (exact) mass is 240 g/mol. The summed E-state index contributed by atoms with van der Waals surface area (Å²) in [4.78, 5) is 0. The summed E-state index contributed by atoms with van der Waals surface area (Å²) in [5, 5.41) is 4.57. The first-order valence-corrected chi connectivity index (χ1v) is 7.02. The Hall–Kier alpha value is -1.57. The standard InChI is InChI=1S/C16H20N2/c1-2-7-11-15-14(10-4-1)12-17-18-16(15)13-8-5-3-6-9-13/h3,5-6,8-9,17H,1-2,4,7,10-12H2. The van der Waals surface area contributed by atoms with Gasteiger partial charge in [-0.05, 0) is 36.8 Å². The van der Waals surface area contributed by atoms with Crippen LogP contribution >= 0.6 is 0 Å². The van der Waals surface area contributed by atoms with Gasteiger partial charge < -0.3 is 5.43 Å². The van der Waals surface area contributed by atoms with Crippen molar-refractivity contribution in [2.45, 2.75) is 38.5 Å². The lowest BCUT2D eigenvalue weighted by atomic mass is 9.87. The highest BCUT2D eigenvalue weighted by atomic mass is 15.3. The lowest BCUT2D eigenvalue weighted by molar-refractivity contribution is 0.597. The summed E-state index contributed by atoms with van der Waals surface area (Å²) in [6.45, 7) is 0.950. The van der Waals surface area contributed by atoms with Crippen LogP contribution in [-0.4, -0.2) is 12.3 Å². The first-order chi connectivity index (χ1) is 8.95. The molecule has 0 fully saturated rings. The zero-order valence-corrected chi connectivity index (χ0v) is 10.8. The smallest absolute Gasteiger partial charge is 0.0933 e. The van der Waals surface area contributed by atoms with Gasteiger partial charge >= 0.3 is 0 Å². The van der Waals surface area contributed by atoms with Gasteiger partial charge in [-0.3, -0.25) is 0 Å². The number of nitrogens with zero attached hydrogens (tertiary/aromatic N) is 1. The summed E-state index contributed by atoms with van der Waals surface area (Å²) in [6, 6.07) is 10.6. The van der Waals surface area contributed by atoms with Crippen LogP contribution in [0, 0.1) is 0 Å². The van der Waals surface area contributed by atoms with Crippen LogP contribution in [0.1, 0.15) is 44.1 Å². The number of rotatable bonds is 1. The Morgan fingerprint density at radius 3 is 2.50 bits per heavy atom. The first kappa shape index (κ1) is 11.5. The quantitative estimate of drug-likeness (QED) is 0.796. The van der Waals surface area contributed by atoms with E-state index in [1.165, 1.54) is 55.4 Å². The van der Waals surface area contributed by atoms with Crippen LogP contribution in [0.2, 0.25) is 0 Å². The molecule has 2 aliphatic rings. The van der Waals surface area contributed by atoms with Crippen molar-refractivity contribution in [2.24, 2.45) is 5.10 Å². The molecule has 0 unspecified atom stereocenters. The highest BCUT2D eigenvalue weighted by molar-refractivity contribution is 6.13. The molecule has 1 heterocycles. The Balaban J connectivity index is 1.96. The van der Waals surface area contributed by atoms with E-state index in [4.69, 9.17) is 0 Å². The van der Waals surface area contributed by atoms with Gasteiger partial charge in [-0.2, -0.15) is 5.10 Å². The Bertz CT molecular complexity index is 471. The normalized spacial score (nSPS) is 20.3. The van der Waals surface area contributed by atoms with Crippen LogP contribution in [0.4, 0.5) is 0 Å². The van der Waals surface area contributed by atoms with Crippen molar-refractivity contribution in [3.05, 3.63) is 47.0 Å². The van der Waals surface area contributed by atoms with E-state index in [9.17, 15) is 0 Å². The van der Waals surface area contributed by atoms with Gasteiger partial charge in [-0.1, -0.05) is 43.2 Å². The van der Waals surface area contributed by atoms with Crippen molar-refractivity contribution in [1.29, 1.82) is 0 Å². The molecule has 1 aliphatic heterocycles. The number of hydrogen-bond donors (Lipinski definition) is 1. The Morgan fingerprint density at radius 2 is 1.67 bits per heavy atom. The molecule has 0 amide bonds. The van der Waals surface area contributed by atoms with Gasteiger partial charge in [0.05, 0.1) is 12.3 Å². The SMILES string of the molecule is c1ccc(C2=NNCC3=C2CCCCCC3)cc1. The van der Waals surface area contributed by atoms with Crippen molar-refractivity contribution >= 4 is 5.71 Å². The maximum absolute atomic E-state index is 4.57. The third kappa shape index (κ3) is 2.33. The van der Waals surface area contributed by atoms with Gasteiger partial charge in [0.1, 0.15) is 0 Å². The topological polar surface area (TPSA) is 24.4 Å². The molecule has 1 aromatic carbocycles. The fourth-order valence-electron chi connectivity index (χ4n) is 2.92. The van der Waals surface area contributed by atoms with E-state index in [1.807, 2.05) is 0 Å². The minimum atomic E-state index is 0.950. The Labute approximate surface area is 109 Å². The molecule has 0 spiro atoms. The van der Waals surface area contributed by atoms with Crippen molar-refractivity contribution in [3.63, 3.8) is 0 Å². The lowest BCUT2D eigenvalue weighted by Crippen LogP contribution is -2.25. The molecule has 0 aromatic heterocycles. The van der Waals surface area contributed by atoms with E-state index < -0.39 is 0 Å². The molecule has 2 heteroatoms. The molecule has 3 rings (SSSR count). The second kappa shape index (κ2) is 5.38. The highest BCUT2D eigenvalue weighted by Crippen LogP contribution is 2.27. The van der Waals surface area contributed by atoms with E-state index in [-0.39, 0.29) is 0 Å². The number of hydrazone groups is 1. The second-order valence-electron chi connectivity index (χ2n) is 5.16. The molecule has 0 saturated carbocycles. The number of allylic oxidation sites excluding steroid dienone is 1. The minimum Gasteiger partial charge on any atom is -0.305 e. The summed E-state index contributed by atoms with van der Waals surface area (Å²) >= 11 is 0. The van der Waals surface area contributed by atoms with Gasteiger partial charge in [0.2, 0.25) is 0 Å². The molecule has 1 aromatic rings. The van der Waals surface area contributed by atoms with Crippen LogP contribution in [0.5, 0.6) is 0 Å². The van der Waals surface area contributed by atoms with Crippen molar-refractivity contribution in [1.82, 2.24) is 5.43 Å². The van der Waals surface area contributed by atoms with Gasteiger partial charge in [-0.25, -0.2) is 0 Å². The molecular weight excluding hydrogens is 220 g/mol. The summed E-state index contributed by atoms with van der Waals surface area (Å²) in [6.07, 6.45) is 7.84. The molecule has 0 atom stereocenters. The number of hydrogen-bond acceptors (Lipinski definition) is 2. The summed E-state index contributed by atoms with van der Waals surface area (Å²) in [7, 11) is 0. The summed E-state index contributed by atoms with van der Waals surface area (Å²) < 4.78 is 0. The molecule has 1 N–H and O–H groups in total. The Kier molecular flexibility index (Phi) is 3.44. The zero-order chi connectivity index (χ0) is 12.2. The molecular formula is C16H20N2. The molecule has 94 valence electrons. The van der Waals surface area contributed by atoms with Crippen molar-refractivity contribution in [2.75, 3.05) is 6.54 Å². The first-order valence-electron chi connectivity index (χ1n) is 7.02. The molecule has 1 aliphatic carbocycles.